The fourth-order valence-corrected chi connectivity index (χ4v) is 4.11. The second-order valence-corrected chi connectivity index (χ2v) is 8.11. The lowest BCUT2D eigenvalue weighted by molar-refractivity contribution is -0.207. The minimum Gasteiger partial charge on any atom is -0.334 e. The third-order valence-electron chi connectivity index (χ3n) is 5.64. The van der Waals surface area contributed by atoms with Crippen molar-refractivity contribution in [2.24, 2.45) is 11.8 Å². The van der Waals surface area contributed by atoms with Gasteiger partial charge >= 0.3 is 6.18 Å². The molecule has 3 aliphatic rings. The Morgan fingerprint density at radius 3 is 1.91 bits per heavy atom. The van der Waals surface area contributed by atoms with Crippen LogP contribution in [0, 0.1) is 11.8 Å². The maximum absolute atomic E-state index is 12.6. The molecule has 1 amide bonds. The van der Waals surface area contributed by atoms with Crippen molar-refractivity contribution < 1.29 is 18.0 Å². The standard InChI is InChI=1S/C16H25F3N2O/c1-15(2,3)20-8-12-4-5-13(9-20)21(12)14(22)10-6-11(7-10)16(17,18)19/h10-13H,4-9H2,1-3H3. The van der Waals surface area contributed by atoms with Gasteiger partial charge in [0.2, 0.25) is 5.91 Å². The molecule has 2 aliphatic heterocycles. The van der Waals surface area contributed by atoms with E-state index < -0.39 is 18.0 Å². The van der Waals surface area contributed by atoms with Crippen molar-refractivity contribution in [3.63, 3.8) is 0 Å². The Labute approximate surface area is 129 Å². The minimum atomic E-state index is -4.14. The van der Waals surface area contributed by atoms with E-state index in [9.17, 15) is 18.0 Å². The predicted octanol–water partition coefficient (Wildman–Crippen LogP) is 3.05. The first-order valence-electron chi connectivity index (χ1n) is 8.21. The maximum Gasteiger partial charge on any atom is 0.391 e. The number of alkyl halides is 3. The van der Waals surface area contributed by atoms with Crippen LogP contribution in [-0.4, -0.2) is 52.6 Å². The second-order valence-electron chi connectivity index (χ2n) is 8.11. The normalized spacial score (nSPS) is 36.4. The highest BCUT2D eigenvalue weighted by Gasteiger charge is 2.53. The Balaban J connectivity index is 1.62. The number of amides is 1. The number of hydrogen-bond donors (Lipinski definition) is 0. The molecule has 0 N–H and O–H groups in total. The van der Waals surface area contributed by atoms with Crippen LogP contribution in [0.2, 0.25) is 0 Å². The molecule has 0 radical (unpaired) electrons. The molecule has 0 aromatic heterocycles. The summed E-state index contributed by atoms with van der Waals surface area (Å²) in [6.45, 7) is 8.21. The van der Waals surface area contributed by atoms with Crippen LogP contribution < -0.4 is 0 Å². The average molecular weight is 318 g/mol. The summed E-state index contributed by atoms with van der Waals surface area (Å²) in [6.07, 6.45) is -2.19. The summed E-state index contributed by atoms with van der Waals surface area (Å²) >= 11 is 0. The van der Waals surface area contributed by atoms with Crippen molar-refractivity contribution in [1.29, 1.82) is 0 Å². The summed E-state index contributed by atoms with van der Waals surface area (Å²) in [5, 5.41) is 0. The van der Waals surface area contributed by atoms with Gasteiger partial charge in [0, 0.05) is 36.6 Å². The van der Waals surface area contributed by atoms with Gasteiger partial charge in [0.15, 0.2) is 0 Å². The molecule has 3 fully saturated rings. The van der Waals surface area contributed by atoms with Crippen molar-refractivity contribution in [3.8, 4) is 0 Å². The van der Waals surface area contributed by atoms with E-state index in [0.717, 1.165) is 25.9 Å². The molecule has 0 spiro atoms. The van der Waals surface area contributed by atoms with Gasteiger partial charge in [-0.1, -0.05) is 0 Å². The van der Waals surface area contributed by atoms with E-state index in [1.165, 1.54) is 0 Å². The molecule has 1 aliphatic carbocycles. The molecule has 0 aromatic rings. The van der Waals surface area contributed by atoms with Gasteiger partial charge < -0.3 is 4.90 Å². The lowest BCUT2D eigenvalue weighted by atomic mass is 9.73. The first-order chi connectivity index (χ1) is 10.1. The summed E-state index contributed by atoms with van der Waals surface area (Å²) in [5.41, 5.74) is 0.0772. The molecule has 22 heavy (non-hydrogen) atoms. The highest BCUT2D eigenvalue weighted by atomic mass is 19.4. The molecular formula is C16H25F3N2O. The van der Waals surface area contributed by atoms with Gasteiger partial charge in [-0.05, 0) is 46.5 Å². The first kappa shape index (κ1) is 16.1. The number of carbonyl (C=O) groups is 1. The lowest BCUT2D eigenvalue weighted by Crippen LogP contribution is -2.61. The number of nitrogens with zero attached hydrogens (tertiary/aromatic N) is 2. The number of rotatable bonds is 1. The van der Waals surface area contributed by atoms with Crippen molar-refractivity contribution in [3.05, 3.63) is 0 Å². The largest absolute Gasteiger partial charge is 0.391 e. The van der Waals surface area contributed by atoms with Crippen molar-refractivity contribution >= 4 is 5.91 Å². The van der Waals surface area contributed by atoms with E-state index in [4.69, 9.17) is 0 Å². The van der Waals surface area contributed by atoms with Crippen LogP contribution in [0.25, 0.3) is 0 Å². The third kappa shape index (κ3) is 2.74. The summed E-state index contributed by atoms with van der Waals surface area (Å²) in [7, 11) is 0. The van der Waals surface area contributed by atoms with E-state index in [-0.39, 0.29) is 36.4 Å². The van der Waals surface area contributed by atoms with Gasteiger partial charge in [-0.25, -0.2) is 0 Å². The zero-order chi connectivity index (χ0) is 16.3. The molecule has 2 heterocycles. The van der Waals surface area contributed by atoms with E-state index in [2.05, 4.69) is 25.7 Å². The number of carbonyl (C=O) groups excluding carboxylic acids is 1. The summed E-state index contributed by atoms with van der Waals surface area (Å²) in [4.78, 5) is 16.9. The Bertz CT molecular complexity index is 437. The number of piperazine rings is 1. The topological polar surface area (TPSA) is 23.6 Å². The molecule has 0 aromatic carbocycles. The van der Waals surface area contributed by atoms with Crippen LogP contribution in [-0.2, 0) is 4.79 Å². The smallest absolute Gasteiger partial charge is 0.334 e. The number of halogens is 3. The molecule has 2 atom stereocenters. The van der Waals surface area contributed by atoms with Gasteiger partial charge in [0.05, 0.1) is 5.92 Å². The molecule has 6 heteroatoms. The average Bonchev–Trinajstić information content (AvgIpc) is 2.54. The second kappa shape index (κ2) is 5.11. The van der Waals surface area contributed by atoms with E-state index in [1.54, 1.807) is 0 Å². The molecule has 2 bridgehead atoms. The van der Waals surface area contributed by atoms with Gasteiger partial charge in [-0.2, -0.15) is 13.2 Å². The van der Waals surface area contributed by atoms with Gasteiger partial charge in [0.1, 0.15) is 0 Å². The number of fused-ring (bicyclic) bond motifs is 2. The fraction of sp³-hybridized carbons (Fsp3) is 0.938. The maximum atomic E-state index is 12.6. The van der Waals surface area contributed by atoms with Gasteiger partial charge in [-0.15, -0.1) is 0 Å². The van der Waals surface area contributed by atoms with Crippen LogP contribution in [0.4, 0.5) is 13.2 Å². The van der Waals surface area contributed by atoms with Crippen LogP contribution in [0.1, 0.15) is 46.5 Å². The Hall–Kier alpha value is -0.780. The van der Waals surface area contributed by atoms with Crippen LogP contribution >= 0.6 is 0 Å². The molecule has 3 rings (SSSR count). The monoisotopic (exact) mass is 318 g/mol. The lowest BCUT2D eigenvalue weighted by Gasteiger charge is -2.48. The van der Waals surface area contributed by atoms with Crippen LogP contribution in [0.3, 0.4) is 0 Å². The summed E-state index contributed by atoms with van der Waals surface area (Å²) in [5.74, 6) is -1.70. The third-order valence-corrected chi connectivity index (χ3v) is 5.64. The number of hydrogen-bond acceptors (Lipinski definition) is 2. The van der Waals surface area contributed by atoms with Crippen molar-refractivity contribution in [2.75, 3.05) is 13.1 Å². The minimum absolute atomic E-state index is 0.0126. The molecule has 3 nitrogen and oxygen atoms in total. The zero-order valence-electron chi connectivity index (χ0n) is 13.5. The van der Waals surface area contributed by atoms with Gasteiger partial charge in [-0.3, -0.25) is 9.69 Å². The Kier molecular flexibility index (Phi) is 3.74. The summed E-state index contributed by atoms with van der Waals surface area (Å²) < 4.78 is 37.8. The molecule has 2 saturated heterocycles. The van der Waals surface area contributed by atoms with Crippen molar-refractivity contribution in [2.45, 2.75) is 70.3 Å². The highest BCUT2D eigenvalue weighted by molar-refractivity contribution is 5.81. The van der Waals surface area contributed by atoms with Gasteiger partial charge in [0.25, 0.3) is 0 Å². The number of likely N-dealkylation sites (tertiary alicyclic amines) is 1. The zero-order valence-corrected chi connectivity index (χ0v) is 13.5. The van der Waals surface area contributed by atoms with Crippen LogP contribution in [0.5, 0.6) is 0 Å². The first-order valence-corrected chi connectivity index (χ1v) is 8.21. The quantitative estimate of drug-likeness (QED) is 0.742. The predicted molar refractivity (Wildman–Crippen MR) is 77.3 cm³/mol. The highest BCUT2D eigenvalue weighted by Crippen LogP contribution is 2.46. The SMILES string of the molecule is CC(C)(C)N1CC2CCC(C1)N2C(=O)C1CC(C(F)(F)F)C1. The van der Waals surface area contributed by atoms with Crippen LogP contribution in [0.15, 0.2) is 0 Å². The molecular weight excluding hydrogens is 293 g/mol. The van der Waals surface area contributed by atoms with E-state index in [0.29, 0.717) is 0 Å². The fourth-order valence-electron chi connectivity index (χ4n) is 4.11. The molecule has 1 saturated carbocycles. The van der Waals surface area contributed by atoms with E-state index in [1.807, 2.05) is 4.90 Å². The molecule has 2 unspecified atom stereocenters. The Morgan fingerprint density at radius 2 is 1.50 bits per heavy atom. The van der Waals surface area contributed by atoms with Crippen molar-refractivity contribution in [1.82, 2.24) is 9.80 Å². The summed E-state index contributed by atoms with van der Waals surface area (Å²) in [6, 6.07) is 0.380. The van der Waals surface area contributed by atoms with E-state index >= 15 is 0 Å². The Morgan fingerprint density at radius 1 is 1.00 bits per heavy atom. The molecule has 126 valence electrons.